The van der Waals surface area contributed by atoms with Crippen LogP contribution >= 0.6 is 23.5 Å². The number of rotatable bonds is 24. The van der Waals surface area contributed by atoms with E-state index in [4.69, 9.17) is 25.5 Å². The molecule has 0 saturated carbocycles. The highest BCUT2D eigenvalue weighted by Crippen LogP contribution is 2.37. The van der Waals surface area contributed by atoms with Gasteiger partial charge in [-0.05, 0) is 118 Å². The molecular formula is C63H74F2N4O13S5. The Labute approximate surface area is 517 Å². The Balaban J connectivity index is 0.000000258. The topological polar surface area (TPSA) is 268 Å². The number of benzene rings is 6. The van der Waals surface area contributed by atoms with Crippen LogP contribution in [0.15, 0.2) is 168 Å². The lowest BCUT2D eigenvalue weighted by Gasteiger charge is -2.25. The number of Topliss-reactive ketones (excluding diaryl/α,β-unsaturated/α-hetero) is 2. The number of esters is 2. The lowest BCUT2D eigenvalue weighted by atomic mass is 9.91. The first-order valence-electron chi connectivity index (χ1n) is 28.1. The highest BCUT2D eigenvalue weighted by molar-refractivity contribution is 8.02. The van der Waals surface area contributed by atoms with Crippen molar-refractivity contribution in [2.45, 2.75) is 97.8 Å². The van der Waals surface area contributed by atoms with Gasteiger partial charge in [-0.3, -0.25) is 23.7 Å². The maximum Gasteiger partial charge on any atom is 0.323 e. The maximum atomic E-state index is 13.6. The van der Waals surface area contributed by atoms with Gasteiger partial charge in [0, 0.05) is 37.4 Å². The minimum Gasteiger partial charge on any atom is -0.465 e. The molecule has 2 heterocycles. The van der Waals surface area contributed by atoms with E-state index in [0.717, 1.165) is 22.3 Å². The van der Waals surface area contributed by atoms with Crippen LogP contribution in [0.2, 0.25) is 0 Å². The third-order valence-corrected chi connectivity index (χ3v) is 20.9. The van der Waals surface area contributed by atoms with Crippen LogP contribution in [-0.2, 0) is 58.8 Å². The fourth-order valence-electron chi connectivity index (χ4n) is 9.35. The normalized spacial score (nSPS) is 17.0. The van der Waals surface area contributed by atoms with E-state index in [1.807, 2.05) is 88.4 Å². The Morgan fingerprint density at radius 2 is 0.816 bits per heavy atom. The third-order valence-electron chi connectivity index (χ3n) is 14.4. The fourth-order valence-corrected chi connectivity index (χ4v) is 15.7. The minimum atomic E-state index is -3.92. The summed E-state index contributed by atoms with van der Waals surface area (Å²) in [5.74, 6) is -2.36. The molecule has 0 aliphatic carbocycles. The van der Waals surface area contributed by atoms with E-state index in [0.29, 0.717) is 41.7 Å². The van der Waals surface area contributed by atoms with Crippen molar-refractivity contribution >= 4 is 77.2 Å². The van der Waals surface area contributed by atoms with Crippen molar-refractivity contribution in [3.63, 3.8) is 0 Å². The Kier molecular flexibility index (Phi) is 26.0. The molecule has 2 fully saturated rings. The number of hydrogen-bond acceptors (Lipinski definition) is 16. The fraction of sp³-hybridized carbons (Fsp3) is 0.365. The molecule has 6 aromatic rings. The summed E-state index contributed by atoms with van der Waals surface area (Å²) in [6, 6.07) is 42.8. The van der Waals surface area contributed by atoms with Gasteiger partial charge in [0.2, 0.25) is 20.0 Å². The van der Waals surface area contributed by atoms with Crippen LogP contribution < -0.4 is 11.5 Å². The van der Waals surface area contributed by atoms with Crippen molar-refractivity contribution < 1.29 is 67.2 Å². The number of thioether (sulfide) groups is 2. The van der Waals surface area contributed by atoms with E-state index in [1.54, 1.807) is 72.8 Å². The van der Waals surface area contributed by atoms with Gasteiger partial charge >= 0.3 is 11.9 Å². The summed E-state index contributed by atoms with van der Waals surface area (Å²) in [5.41, 5.74) is 16.9. The summed E-state index contributed by atoms with van der Waals surface area (Å²) in [6.45, 7) is 7.78. The van der Waals surface area contributed by atoms with Crippen LogP contribution in [0.25, 0.3) is 22.3 Å². The zero-order valence-corrected chi connectivity index (χ0v) is 53.0. The lowest BCUT2D eigenvalue weighted by Crippen LogP contribution is -2.40. The molecular weight excluding hydrogens is 1220 g/mol. The molecule has 0 bridgehead atoms. The predicted octanol–water partition coefficient (Wildman–Crippen LogP) is 9.94. The van der Waals surface area contributed by atoms with Gasteiger partial charge in [-0.25, -0.2) is 25.6 Å². The molecule has 0 amide bonds. The quantitative estimate of drug-likeness (QED) is 0.0376. The first kappa shape index (κ1) is 69.9. The Morgan fingerprint density at radius 1 is 0.517 bits per heavy atom. The van der Waals surface area contributed by atoms with Crippen molar-refractivity contribution in [2.24, 2.45) is 23.3 Å². The SMILES string of the molecule is CC(C)[C@H](N)C(=O)OCCC(CC(=O)[C@@H]1SCCN1S(=O)(=O)c1ccc(-c2ccccc2)cc1)c1ccc(F)cc1.CC(C)[C@H](N)C(=O)OCCC(CC(=O)[C@@H]1SCCN1S(=O)(=O)c1ccc(-c2ccccc2)cc1)c1ccc(F)cc1.CS(=O)(=O)O. The van der Waals surface area contributed by atoms with Crippen LogP contribution in [0.5, 0.6) is 0 Å². The van der Waals surface area contributed by atoms with Crippen LogP contribution in [0.1, 0.15) is 76.3 Å². The number of carbonyl (C=O) groups is 4. The van der Waals surface area contributed by atoms with Gasteiger partial charge in [0.1, 0.15) is 34.5 Å². The van der Waals surface area contributed by atoms with Crippen molar-refractivity contribution in [3.05, 3.63) is 180 Å². The maximum absolute atomic E-state index is 13.6. The third kappa shape index (κ3) is 20.4. The van der Waals surface area contributed by atoms with Crippen molar-refractivity contribution in [3.8, 4) is 22.3 Å². The number of ether oxygens (including phenoxy) is 2. The zero-order valence-electron chi connectivity index (χ0n) is 48.9. The first-order chi connectivity index (χ1) is 41.1. The number of carbonyl (C=O) groups excluding carboxylic acids is 4. The molecule has 0 radical (unpaired) electrons. The first-order valence-corrected chi connectivity index (χ1v) is 34.9. The van der Waals surface area contributed by atoms with Gasteiger partial charge in [0.05, 0.1) is 29.3 Å². The van der Waals surface area contributed by atoms with Crippen molar-refractivity contribution in [1.82, 2.24) is 8.61 Å². The van der Waals surface area contributed by atoms with E-state index in [2.05, 4.69) is 0 Å². The lowest BCUT2D eigenvalue weighted by molar-refractivity contribution is -0.147. The Hall–Kier alpha value is -6.19. The summed E-state index contributed by atoms with van der Waals surface area (Å²) in [5, 5.41) is -1.76. The highest BCUT2D eigenvalue weighted by Gasteiger charge is 2.42. The molecule has 6 aromatic carbocycles. The molecule has 6 atom stereocenters. The smallest absolute Gasteiger partial charge is 0.323 e. The summed E-state index contributed by atoms with van der Waals surface area (Å²) < 4.78 is 121. The molecule has 0 spiro atoms. The minimum absolute atomic E-state index is 0.00997. The van der Waals surface area contributed by atoms with Gasteiger partial charge in [-0.2, -0.15) is 17.0 Å². The van der Waals surface area contributed by atoms with Gasteiger partial charge < -0.3 is 20.9 Å². The number of halogens is 2. The largest absolute Gasteiger partial charge is 0.465 e. The molecule has 468 valence electrons. The predicted molar refractivity (Wildman–Crippen MR) is 336 cm³/mol. The second-order valence-corrected chi connectivity index (χ2v) is 29.1. The molecule has 2 unspecified atom stereocenters. The van der Waals surface area contributed by atoms with Gasteiger partial charge in [0.25, 0.3) is 10.1 Å². The van der Waals surface area contributed by atoms with Gasteiger partial charge in [-0.1, -0.05) is 137 Å². The van der Waals surface area contributed by atoms with Gasteiger partial charge in [0.15, 0.2) is 11.6 Å². The molecule has 87 heavy (non-hydrogen) atoms. The molecule has 0 aromatic heterocycles. The van der Waals surface area contributed by atoms with Crippen molar-refractivity contribution in [1.29, 1.82) is 0 Å². The second-order valence-electron chi connectivity index (χ2n) is 21.5. The van der Waals surface area contributed by atoms with Crippen LogP contribution in [0.3, 0.4) is 0 Å². The highest BCUT2D eigenvalue weighted by atomic mass is 32.2. The van der Waals surface area contributed by atoms with Crippen LogP contribution in [0, 0.1) is 23.5 Å². The Morgan fingerprint density at radius 3 is 1.11 bits per heavy atom. The van der Waals surface area contributed by atoms with E-state index in [-0.39, 0.29) is 72.3 Å². The standard InChI is InChI=1S/2C31H35FN2O5S2.CH4O3S/c2*1-21(2)29(33)31(36)39-18-16-25(24-8-12-26(32)13-9-24)20-28(35)30-34(17-19-40-30)41(37,38)27-14-10-23(11-15-27)22-6-4-3-5-7-22;1-5(2,3)4/h2*3-15,21,25,29-30H,16-20,33H2,1-2H3;1H3,(H,2,3,4)/t2*25?,29-,30-;/m00./s1. The van der Waals surface area contributed by atoms with Crippen LogP contribution in [-0.4, -0.2) is 129 Å². The summed E-state index contributed by atoms with van der Waals surface area (Å²) in [6.07, 6.45) is 1.34. The number of ketones is 2. The average Bonchev–Trinajstić information content (AvgIpc) is 2.07. The van der Waals surface area contributed by atoms with E-state index in [1.165, 1.54) is 56.4 Å². The molecule has 8 rings (SSSR count). The Bertz CT molecular complexity index is 3340. The number of sulfonamides is 2. The molecule has 2 saturated heterocycles. The zero-order chi connectivity index (χ0) is 63.6. The van der Waals surface area contributed by atoms with E-state index >= 15 is 0 Å². The number of nitrogens with two attached hydrogens (primary N) is 2. The van der Waals surface area contributed by atoms with Crippen molar-refractivity contribution in [2.75, 3.05) is 44.1 Å². The molecule has 5 N–H and O–H groups in total. The molecule has 2 aliphatic rings. The molecule has 17 nitrogen and oxygen atoms in total. The second kappa shape index (κ2) is 32.3. The van der Waals surface area contributed by atoms with Gasteiger partial charge in [-0.15, -0.1) is 23.5 Å². The number of nitrogens with zero attached hydrogens (tertiary/aromatic N) is 2. The average molecular weight is 1290 g/mol. The number of hydrogen-bond donors (Lipinski definition) is 3. The van der Waals surface area contributed by atoms with E-state index in [9.17, 15) is 53.2 Å². The summed E-state index contributed by atoms with van der Waals surface area (Å²) >= 11 is 2.58. The molecule has 2 aliphatic heterocycles. The summed E-state index contributed by atoms with van der Waals surface area (Å²) in [7, 11) is -11.5. The monoisotopic (exact) mass is 1290 g/mol. The van der Waals surface area contributed by atoms with Crippen LogP contribution in [0.4, 0.5) is 8.78 Å². The molecule has 24 heteroatoms. The van der Waals surface area contributed by atoms with E-state index < -0.39 is 88.4 Å². The summed E-state index contributed by atoms with van der Waals surface area (Å²) in [4.78, 5) is 51.9.